The van der Waals surface area contributed by atoms with Crippen LogP contribution in [0.2, 0.25) is 5.02 Å². The summed E-state index contributed by atoms with van der Waals surface area (Å²) in [7, 11) is 0. The van der Waals surface area contributed by atoms with Gasteiger partial charge in [-0.3, -0.25) is 4.79 Å². The fourth-order valence-corrected chi connectivity index (χ4v) is 1.24. The Morgan fingerprint density at radius 2 is 2.12 bits per heavy atom. The highest BCUT2D eigenvalue weighted by Crippen LogP contribution is 2.10. The topological polar surface area (TPSA) is 72.2 Å². The highest BCUT2D eigenvalue weighted by molar-refractivity contribution is 6.30. The second-order valence-electron chi connectivity index (χ2n) is 3.16. The largest absolute Gasteiger partial charge is 0.430 e. The van der Waals surface area contributed by atoms with Crippen LogP contribution >= 0.6 is 11.6 Å². The number of anilines is 1. The number of hydrogen-bond donors (Lipinski definition) is 1. The van der Waals surface area contributed by atoms with Crippen molar-refractivity contribution in [2.45, 2.75) is 0 Å². The van der Waals surface area contributed by atoms with Crippen LogP contribution in [0.5, 0.6) is 0 Å². The zero-order chi connectivity index (χ0) is 12.3. The number of nitrogens with one attached hydrogen (secondary N) is 1. The van der Waals surface area contributed by atoms with E-state index in [1.165, 1.54) is 18.3 Å². The molecule has 0 aliphatic carbocycles. The third kappa shape index (κ3) is 2.92. The molecule has 17 heavy (non-hydrogen) atoms. The Morgan fingerprint density at radius 1 is 1.29 bits per heavy atom. The standard InChI is InChI=1S/C11H7ClN2O3/c12-8-2-3-9(13-5-8)14-11(16)7-1-4-10(15)17-6-7/h1-6H,(H,13,14,16). The zero-order valence-electron chi connectivity index (χ0n) is 8.51. The lowest BCUT2D eigenvalue weighted by molar-refractivity contribution is 0.102. The number of aromatic nitrogens is 1. The van der Waals surface area contributed by atoms with Gasteiger partial charge in [-0.1, -0.05) is 11.6 Å². The molecule has 1 amide bonds. The van der Waals surface area contributed by atoms with Crippen LogP contribution in [0.4, 0.5) is 5.82 Å². The van der Waals surface area contributed by atoms with Crippen molar-refractivity contribution in [1.82, 2.24) is 4.98 Å². The molecular formula is C11H7ClN2O3. The third-order valence-corrected chi connectivity index (χ3v) is 2.16. The summed E-state index contributed by atoms with van der Waals surface area (Å²) in [5.41, 5.74) is -0.271. The Kier molecular flexibility index (Phi) is 3.20. The van der Waals surface area contributed by atoms with Gasteiger partial charge in [-0.15, -0.1) is 0 Å². The number of carbonyl (C=O) groups excluding carboxylic acids is 1. The van der Waals surface area contributed by atoms with Crippen molar-refractivity contribution >= 4 is 23.3 Å². The van der Waals surface area contributed by atoms with Crippen molar-refractivity contribution in [1.29, 1.82) is 0 Å². The molecule has 2 heterocycles. The molecule has 86 valence electrons. The first-order chi connectivity index (χ1) is 8.15. The average Bonchev–Trinajstić information content (AvgIpc) is 2.33. The number of nitrogens with zero attached hydrogens (tertiary/aromatic N) is 1. The average molecular weight is 251 g/mol. The van der Waals surface area contributed by atoms with Crippen LogP contribution < -0.4 is 10.9 Å². The van der Waals surface area contributed by atoms with Gasteiger partial charge in [0.1, 0.15) is 12.1 Å². The molecule has 0 fully saturated rings. The fourth-order valence-electron chi connectivity index (χ4n) is 1.13. The van der Waals surface area contributed by atoms with E-state index in [4.69, 9.17) is 11.6 Å². The van der Waals surface area contributed by atoms with Crippen molar-refractivity contribution in [3.05, 3.63) is 57.7 Å². The minimum absolute atomic E-state index is 0.237. The van der Waals surface area contributed by atoms with E-state index in [2.05, 4.69) is 14.7 Å². The van der Waals surface area contributed by atoms with E-state index in [1.807, 2.05) is 0 Å². The second kappa shape index (κ2) is 4.80. The number of amides is 1. The Bertz CT molecular complexity index is 572. The molecule has 0 saturated carbocycles. The van der Waals surface area contributed by atoms with E-state index in [0.29, 0.717) is 10.8 Å². The highest BCUT2D eigenvalue weighted by Gasteiger charge is 2.07. The quantitative estimate of drug-likeness (QED) is 0.884. The normalized spacial score (nSPS) is 9.94. The minimum Gasteiger partial charge on any atom is -0.430 e. The van der Waals surface area contributed by atoms with E-state index >= 15 is 0 Å². The molecule has 2 aromatic heterocycles. The van der Waals surface area contributed by atoms with Gasteiger partial charge in [0, 0.05) is 12.3 Å². The van der Waals surface area contributed by atoms with Crippen LogP contribution in [0.3, 0.4) is 0 Å². The molecule has 0 saturated heterocycles. The molecule has 0 bridgehead atoms. The highest BCUT2D eigenvalue weighted by atomic mass is 35.5. The maximum absolute atomic E-state index is 11.7. The van der Waals surface area contributed by atoms with Crippen molar-refractivity contribution in [2.75, 3.05) is 5.32 Å². The Labute approximate surface area is 101 Å². The summed E-state index contributed by atoms with van der Waals surface area (Å²) in [5, 5.41) is 3.01. The first-order valence-electron chi connectivity index (χ1n) is 4.67. The van der Waals surface area contributed by atoms with Crippen molar-refractivity contribution in [3.63, 3.8) is 0 Å². The van der Waals surface area contributed by atoms with Crippen molar-refractivity contribution in [2.24, 2.45) is 0 Å². The molecule has 2 aromatic rings. The number of pyridine rings is 1. The van der Waals surface area contributed by atoms with Gasteiger partial charge in [0.15, 0.2) is 0 Å². The lowest BCUT2D eigenvalue weighted by Crippen LogP contribution is -2.13. The molecule has 0 unspecified atom stereocenters. The van der Waals surface area contributed by atoms with Gasteiger partial charge in [0.25, 0.3) is 5.91 Å². The first kappa shape index (κ1) is 11.3. The summed E-state index contributed by atoms with van der Waals surface area (Å²) in [4.78, 5) is 26.3. The van der Waals surface area contributed by atoms with Gasteiger partial charge in [-0.2, -0.15) is 0 Å². The zero-order valence-corrected chi connectivity index (χ0v) is 9.27. The van der Waals surface area contributed by atoms with E-state index in [1.54, 1.807) is 12.1 Å². The SMILES string of the molecule is O=C(Nc1ccc(Cl)cn1)c1ccc(=O)oc1. The summed E-state index contributed by atoms with van der Waals surface area (Å²) < 4.78 is 4.58. The van der Waals surface area contributed by atoms with Gasteiger partial charge < -0.3 is 9.73 Å². The first-order valence-corrected chi connectivity index (χ1v) is 5.05. The minimum atomic E-state index is -0.508. The molecule has 0 aliphatic rings. The van der Waals surface area contributed by atoms with Crippen LogP contribution in [0.25, 0.3) is 0 Å². The number of rotatable bonds is 2. The Morgan fingerprint density at radius 3 is 2.71 bits per heavy atom. The summed E-state index contributed by atoms with van der Waals surface area (Å²) in [6.07, 6.45) is 2.51. The lowest BCUT2D eigenvalue weighted by Gasteiger charge is -2.03. The summed E-state index contributed by atoms with van der Waals surface area (Å²) in [6, 6.07) is 5.72. The smallest absolute Gasteiger partial charge is 0.335 e. The molecule has 0 atom stereocenters. The maximum Gasteiger partial charge on any atom is 0.335 e. The monoisotopic (exact) mass is 250 g/mol. The third-order valence-electron chi connectivity index (χ3n) is 1.93. The van der Waals surface area contributed by atoms with Crippen LogP contribution in [0.1, 0.15) is 10.4 Å². The molecular weight excluding hydrogens is 244 g/mol. The van der Waals surface area contributed by atoms with Crippen LogP contribution in [-0.2, 0) is 0 Å². The molecule has 0 radical (unpaired) electrons. The molecule has 6 heteroatoms. The molecule has 0 aromatic carbocycles. The van der Waals surface area contributed by atoms with Gasteiger partial charge in [-0.05, 0) is 18.2 Å². The number of hydrogen-bond acceptors (Lipinski definition) is 4. The van der Waals surface area contributed by atoms with E-state index in [0.717, 1.165) is 6.26 Å². The van der Waals surface area contributed by atoms with Gasteiger partial charge in [0.2, 0.25) is 0 Å². The molecule has 2 rings (SSSR count). The van der Waals surface area contributed by atoms with Crippen LogP contribution in [0.15, 0.2) is 45.9 Å². The molecule has 5 nitrogen and oxygen atoms in total. The summed E-state index contributed by atoms with van der Waals surface area (Å²) >= 11 is 5.66. The van der Waals surface area contributed by atoms with Gasteiger partial charge >= 0.3 is 5.63 Å². The number of carbonyl (C=O) groups is 1. The van der Waals surface area contributed by atoms with E-state index < -0.39 is 11.5 Å². The van der Waals surface area contributed by atoms with Crippen molar-refractivity contribution in [3.8, 4) is 0 Å². The molecule has 1 N–H and O–H groups in total. The molecule has 0 spiro atoms. The summed E-state index contributed by atoms with van der Waals surface area (Å²) in [6.45, 7) is 0. The summed E-state index contributed by atoms with van der Waals surface area (Å²) in [5.74, 6) is -0.0471. The predicted molar refractivity (Wildman–Crippen MR) is 62.2 cm³/mol. The Hall–Kier alpha value is -2.14. The van der Waals surface area contributed by atoms with Gasteiger partial charge in [0.05, 0.1) is 10.6 Å². The second-order valence-corrected chi connectivity index (χ2v) is 3.60. The predicted octanol–water partition coefficient (Wildman–Crippen LogP) is 1.94. The Balaban J connectivity index is 2.14. The van der Waals surface area contributed by atoms with Crippen molar-refractivity contribution < 1.29 is 9.21 Å². The number of halogens is 1. The van der Waals surface area contributed by atoms with Gasteiger partial charge in [-0.25, -0.2) is 9.78 Å². The van der Waals surface area contributed by atoms with E-state index in [9.17, 15) is 9.59 Å². The fraction of sp³-hybridized carbons (Fsp3) is 0. The van der Waals surface area contributed by atoms with E-state index in [-0.39, 0.29) is 5.56 Å². The van der Waals surface area contributed by atoms with Crippen LogP contribution in [-0.4, -0.2) is 10.9 Å². The van der Waals surface area contributed by atoms with Crippen LogP contribution in [0, 0.1) is 0 Å². The molecule has 0 aliphatic heterocycles. The maximum atomic E-state index is 11.7. The lowest BCUT2D eigenvalue weighted by atomic mass is 10.3.